The summed E-state index contributed by atoms with van der Waals surface area (Å²) in [6.07, 6.45) is 3.44. The largest absolute Gasteiger partial charge is 0.396 e. The zero-order valence-electron chi connectivity index (χ0n) is 10.1. The number of aliphatic hydroxyl groups is 1. The fourth-order valence-corrected chi connectivity index (χ4v) is 3.45. The fraction of sp³-hybridized carbons (Fsp3) is 0.571. The van der Waals surface area contributed by atoms with E-state index in [2.05, 4.69) is 57.8 Å². The first-order chi connectivity index (χ1) is 8.31. The van der Waals surface area contributed by atoms with Gasteiger partial charge in [0.1, 0.15) is 0 Å². The summed E-state index contributed by atoms with van der Waals surface area (Å²) in [5.74, 6) is 0.732. The standard InChI is InChI=1S/C14H20INO/c15-14(13-4-2-1-3-5-13)16-9-6-12(7-10-16)8-11-17/h1-5,12,14,17H,6-11H2. The zero-order chi connectivity index (χ0) is 12.1. The zero-order valence-corrected chi connectivity index (χ0v) is 12.2. The third-order valence-corrected chi connectivity index (χ3v) is 5.09. The monoisotopic (exact) mass is 345 g/mol. The topological polar surface area (TPSA) is 23.5 Å². The number of hydrogen-bond acceptors (Lipinski definition) is 2. The summed E-state index contributed by atoms with van der Waals surface area (Å²) in [5.41, 5.74) is 1.40. The number of aliphatic hydroxyl groups excluding tert-OH is 1. The van der Waals surface area contributed by atoms with Gasteiger partial charge >= 0.3 is 0 Å². The Hall–Kier alpha value is -0.130. The molecule has 1 N–H and O–H groups in total. The van der Waals surface area contributed by atoms with Crippen molar-refractivity contribution in [3.63, 3.8) is 0 Å². The molecule has 0 bridgehead atoms. The van der Waals surface area contributed by atoms with E-state index in [-0.39, 0.29) is 0 Å². The number of halogens is 1. The molecule has 0 spiro atoms. The van der Waals surface area contributed by atoms with Gasteiger partial charge in [0.25, 0.3) is 0 Å². The molecule has 0 amide bonds. The molecule has 0 aromatic heterocycles. The first-order valence-corrected chi connectivity index (χ1v) is 7.59. The molecule has 0 saturated carbocycles. The minimum Gasteiger partial charge on any atom is -0.396 e. The molecule has 1 aromatic rings. The van der Waals surface area contributed by atoms with Crippen molar-refractivity contribution in [3.05, 3.63) is 35.9 Å². The number of likely N-dealkylation sites (tertiary alicyclic amines) is 1. The maximum atomic E-state index is 8.96. The van der Waals surface area contributed by atoms with Crippen LogP contribution >= 0.6 is 22.6 Å². The lowest BCUT2D eigenvalue weighted by Gasteiger charge is -2.35. The van der Waals surface area contributed by atoms with E-state index in [9.17, 15) is 0 Å². The van der Waals surface area contributed by atoms with E-state index < -0.39 is 0 Å². The van der Waals surface area contributed by atoms with Crippen molar-refractivity contribution in [1.82, 2.24) is 4.90 Å². The number of nitrogens with zero attached hydrogens (tertiary/aromatic N) is 1. The number of benzene rings is 1. The smallest absolute Gasteiger partial charge is 0.0874 e. The van der Waals surface area contributed by atoms with Gasteiger partial charge in [-0.3, -0.25) is 4.90 Å². The van der Waals surface area contributed by atoms with Crippen LogP contribution in [0.2, 0.25) is 0 Å². The molecule has 1 atom stereocenters. The van der Waals surface area contributed by atoms with E-state index in [0.717, 1.165) is 25.4 Å². The second-order valence-electron chi connectivity index (χ2n) is 4.74. The molecule has 2 nitrogen and oxygen atoms in total. The minimum absolute atomic E-state index is 0.344. The average Bonchev–Trinajstić information content (AvgIpc) is 2.40. The van der Waals surface area contributed by atoms with Gasteiger partial charge in [-0.05, 0) is 43.8 Å². The van der Waals surface area contributed by atoms with Crippen molar-refractivity contribution in [2.24, 2.45) is 5.92 Å². The SMILES string of the molecule is OCCC1CCN(C(I)c2ccccc2)CC1. The summed E-state index contributed by atoms with van der Waals surface area (Å²) < 4.78 is 0.490. The minimum atomic E-state index is 0.344. The Labute approximate surface area is 117 Å². The molecule has 1 fully saturated rings. The van der Waals surface area contributed by atoms with Crippen LogP contribution in [-0.2, 0) is 0 Å². The third-order valence-electron chi connectivity index (χ3n) is 3.58. The number of rotatable bonds is 4. The van der Waals surface area contributed by atoms with Crippen molar-refractivity contribution in [1.29, 1.82) is 0 Å². The molecule has 1 unspecified atom stereocenters. The van der Waals surface area contributed by atoms with Crippen LogP contribution in [0.5, 0.6) is 0 Å². The quantitative estimate of drug-likeness (QED) is 0.515. The van der Waals surface area contributed by atoms with E-state index in [1.165, 1.54) is 18.4 Å². The predicted octanol–water partition coefficient (Wildman–Crippen LogP) is 3.21. The lowest BCUT2D eigenvalue weighted by molar-refractivity contribution is 0.155. The maximum Gasteiger partial charge on any atom is 0.0874 e. The van der Waals surface area contributed by atoms with Gasteiger partial charge in [0.15, 0.2) is 0 Å². The molecule has 0 radical (unpaired) electrons. The predicted molar refractivity (Wildman–Crippen MR) is 79.2 cm³/mol. The van der Waals surface area contributed by atoms with Crippen LogP contribution in [0.15, 0.2) is 30.3 Å². The fourth-order valence-electron chi connectivity index (χ4n) is 2.47. The summed E-state index contributed by atoms with van der Waals surface area (Å²) >= 11 is 2.53. The summed E-state index contributed by atoms with van der Waals surface area (Å²) in [4.78, 5) is 2.55. The van der Waals surface area contributed by atoms with Crippen LogP contribution in [0.3, 0.4) is 0 Å². The summed E-state index contributed by atoms with van der Waals surface area (Å²) in [7, 11) is 0. The lowest BCUT2D eigenvalue weighted by atomic mass is 9.94. The van der Waals surface area contributed by atoms with E-state index in [0.29, 0.717) is 10.7 Å². The van der Waals surface area contributed by atoms with Gasteiger partial charge in [-0.2, -0.15) is 0 Å². The molecule has 1 heterocycles. The Balaban J connectivity index is 1.88. The van der Waals surface area contributed by atoms with Crippen LogP contribution in [0.4, 0.5) is 0 Å². The Morgan fingerprint density at radius 3 is 2.47 bits per heavy atom. The third kappa shape index (κ3) is 3.66. The van der Waals surface area contributed by atoms with Gasteiger partial charge in [0.05, 0.1) is 4.05 Å². The second kappa shape index (κ2) is 6.71. The highest BCUT2D eigenvalue weighted by Crippen LogP contribution is 2.32. The van der Waals surface area contributed by atoms with E-state index in [1.54, 1.807) is 0 Å². The Morgan fingerprint density at radius 1 is 1.24 bits per heavy atom. The first-order valence-electron chi connectivity index (χ1n) is 6.35. The normalized spacial score (nSPS) is 20.4. The molecule has 1 aliphatic rings. The highest BCUT2D eigenvalue weighted by Gasteiger charge is 2.23. The summed E-state index contributed by atoms with van der Waals surface area (Å²) in [5, 5.41) is 8.96. The molecule has 3 heteroatoms. The van der Waals surface area contributed by atoms with Crippen molar-refractivity contribution in [3.8, 4) is 0 Å². The van der Waals surface area contributed by atoms with Crippen molar-refractivity contribution in [2.75, 3.05) is 19.7 Å². The average molecular weight is 345 g/mol. The molecule has 17 heavy (non-hydrogen) atoms. The highest BCUT2D eigenvalue weighted by molar-refractivity contribution is 14.1. The second-order valence-corrected chi connectivity index (χ2v) is 5.92. The maximum absolute atomic E-state index is 8.96. The Morgan fingerprint density at radius 2 is 1.88 bits per heavy atom. The van der Waals surface area contributed by atoms with E-state index >= 15 is 0 Å². The van der Waals surface area contributed by atoms with Crippen molar-refractivity contribution >= 4 is 22.6 Å². The van der Waals surface area contributed by atoms with Gasteiger partial charge in [0.2, 0.25) is 0 Å². The van der Waals surface area contributed by atoms with Crippen molar-refractivity contribution in [2.45, 2.75) is 23.3 Å². The summed E-state index contributed by atoms with van der Waals surface area (Å²) in [6, 6.07) is 10.7. The Bertz CT molecular complexity index is 322. The van der Waals surface area contributed by atoms with Gasteiger partial charge in [-0.1, -0.05) is 52.9 Å². The number of alkyl halides is 1. The van der Waals surface area contributed by atoms with E-state index in [4.69, 9.17) is 5.11 Å². The number of hydrogen-bond donors (Lipinski definition) is 1. The van der Waals surface area contributed by atoms with Crippen LogP contribution in [0.1, 0.15) is 28.9 Å². The molecule has 1 saturated heterocycles. The molecule has 94 valence electrons. The lowest BCUT2D eigenvalue weighted by Crippen LogP contribution is -2.34. The van der Waals surface area contributed by atoms with Crippen LogP contribution < -0.4 is 0 Å². The van der Waals surface area contributed by atoms with Gasteiger partial charge in [0, 0.05) is 6.61 Å². The highest BCUT2D eigenvalue weighted by atomic mass is 127. The van der Waals surface area contributed by atoms with Crippen LogP contribution in [0, 0.1) is 5.92 Å². The molecular formula is C14H20INO. The van der Waals surface area contributed by atoms with E-state index in [1.807, 2.05) is 0 Å². The molecule has 0 aliphatic carbocycles. The molecule has 1 aromatic carbocycles. The first kappa shape index (κ1) is 13.3. The Kier molecular flexibility index (Phi) is 5.25. The van der Waals surface area contributed by atoms with Crippen LogP contribution in [-0.4, -0.2) is 29.7 Å². The van der Waals surface area contributed by atoms with Crippen molar-refractivity contribution < 1.29 is 5.11 Å². The molecule has 2 rings (SSSR count). The summed E-state index contributed by atoms with van der Waals surface area (Å²) in [6.45, 7) is 2.66. The van der Waals surface area contributed by atoms with Crippen LogP contribution in [0.25, 0.3) is 0 Å². The van der Waals surface area contributed by atoms with Gasteiger partial charge in [-0.25, -0.2) is 0 Å². The molecule has 1 aliphatic heterocycles. The molecular weight excluding hydrogens is 325 g/mol. The number of piperidine rings is 1. The van der Waals surface area contributed by atoms with Gasteiger partial charge < -0.3 is 5.11 Å². The van der Waals surface area contributed by atoms with Gasteiger partial charge in [-0.15, -0.1) is 0 Å².